The molecule has 1 aromatic carbocycles. The molecule has 2 rings (SSSR count). The number of amides is 1. The molecule has 1 unspecified atom stereocenters. The first-order valence-corrected chi connectivity index (χ1v) is 8.98. The van der Waals surface area contributed by atoms with Crippen molar-refractivity contribution in [1.29, 1.82) is 0 Å². The summed E-state index contributed by atoms with van der Waals surface area (Å²) in [6.45, 7) is 5.02. The van der Waals surface area contributed by atoms with Crippen LogP contribution >= 0.6 is 31.9 Å². The Hall–Kier alpha value is -0.390. The maximum Gasteiger partial charge on any atom is 0.252 e. The van der Waals surface area contributed by atoms with Gasteiger partial charge in [0.2, 0.25) is 0 Å². The molecule has 1 saturated heterocycles. The molecule has 0 bridgehead atoms. The number of rotatable bonds is 4. The fourth-order valence-electron chi connectivity index (χ4n) is 2.83. The zero-order chi connectivity index (χ0) is 15.5. The largest absolute Gasteiger partial charge is 0.375 e. The minimum atomic E-state index is -0.0787. The van der Waals surface area contributed by atoms with E-state index in [0.29, 0.717) is 12.2 Å². The molecule has 1 aromatic rings. The third-order valence-electron chi connectivity index (χ3n) is 4.29. The Morgan fingerprint density at radius 2 is 2.10 bits per heavy atom. The van der Waals surface area contributed by atoms with Crippen molar-refractivity contribution in [3.8, 4) is 0 Å². The molecule has 0 spiro atoms. The molecule has 3 nitrogen and oxygen atoms in total. The van der Waals surface area contributed by atoms with Crippen molar-refractivity contribution in [2.45, 2.75) is 51.2 Å². The number of carbonyl (C=O) groups is 1. The van der Waals surface area contributed by atoms with Gasteiger partial charge in [-0.25, -0.2) is 0 Å². The van der Waals surface area contributed by atoms with Crippen molar-refractivity contribution in [1.82, 2.24) is 5.32 Å². The van der Waals surface area contributed by atoms with Crippen LogP contribution in [0.1, 0.15) is 49.9 Å². The second-order valence-corrected chi connectivity index (χ2v) is 7.30. The van der Waals surface area contributed by atoms with Crippen LogP contribution in [-0.2, 0) is 4.74 Å². The summed E-state index contributed by atoms with van der Waals surface area (Å²) in [6.07, 6.45) is 3.73. The van der Waals surface area contributed by atoms with Gasteiger partial charge in [0.1, 0.15) is 0 Å². The summed E-state index contributed by atoms with van der Waals surface area (Å²) in [4.78, 5) is 12.5. The van der Waals surface area contributed by atoms with Crippen molar-refractivity contribution in [3.05, 3.63) is 32.7 Å². The molecule has 1 aliphatic rings. The van der Waals surface area contributed by atoms with E-state index in [1.165, 1.54) is 0 Å². The first-order valence-electron chi connectivity index (χ1n) is 7.39. The van der Waals surface area contributed by atoms with Crippen molar-refractivity contribution in [2.24, 2.45) is 0 Å². The molecule has 0 saturated carbocycles. The summed E-state index contributed by atoms with van der Waals surface area (Å²) in [5.74, 6) is -0.0313. The first-order chi connectivity index (χ1) is 9.99. The maximum atomic E-state index is 12.5. The number of hydrogen-bond donors (Lipinski definition) is 1. The van der Waals surface area contributed by atoms with E-state index in [9.17, 15) is 4.79 Å². The van der Waals surface area contributed by atoms with Gasteiger partial charge in [0, 0.05) is 21.6 Å². The van der Waals surface area contributed by atoms with Crippen LogP contribution in [-0.4, -0.2) is 24.2 Å². The van der Waals surface area contributed by atoms with Gasteiger partial charge in [-0.15, -0.1) is 0 Å². The molecule has 1 N–H and O–H groups in total. The molecule has 1 amide bonds. The average molecular weight is 419 g/mol. The highest BCUT2D eigenvalue weighted by molar-refractivity contribution is 9.11. The van der Waals surface area contributed by atoms with E-state index in [4.69, 9.17) is 4.74 Å². The van der Waals surface area contributed by atoms with E-state index in [-0.39, 0.29) is 17.6 Å². The summed E-state index contributed by atoms with van der Waals surface area (Å²) in [6, 6.07) is 5.81. The molecule has 1 fully saturated rings. The molecule has 0 aliphatic carbocycles. The van der Waals surface area contributed by atoms with Crippen LogP contribution in [0.2, 0.25) is 0 Å². The number of carbonyl (C=O) groups excluding carboxylic acids is 1. The zero-order valence-electron chi connectivity index (χ0n) is 12.4. The molecule has 1 atom stereocenters. The van der Waals surface area contributed by atoms with Gasteiger partial charge >= 0.3 is 0 Å². The van der Waals surface area contributed by atoms with Gasteiger partial charge in [-0.3, -0.25) is 4.79 Å². The number of halogens is 2. The summed E-state index contributed by atoms with van der Waals surface area (Å²) in [5.41, 5.74) is 0.583. The molecule has 116 valence electrons. The van der Waals surface area contributed by atoms with Crippen LogP contribution < -0.4 is 5.32 Å². The Balaban J connectivity index is 2.07. The van der Waals surface area contributed by atoms with Crippen molar-refractivity contribution >= 4 is 37.8 Å². The van der Waals surface area contributed by atoms with Crippen molar-refractivity contribution in [2.75, 3.05) is 6.61 Å². The highest BCUT2D eigenvalue weighted by Gasteiger charge is 2.35. The van der Waals surface area contributed by atoms with E-state index in [2.05, 4.69) is 51.0 Å². The van der Waals surface area contributed by atoms with E-state index >= 15 is 0 Å². The second-order valence-electron chi connectivity index (χ2n) is 5.53. The predicted molar refractivity (Wildman–Crippen MR) is 91.6 cm³/mol. The van der Waals surface area contributed by atoms with Crippen LogP contribution in [0.25, 0.3) is 0 Å². The molecule has 1 heterocycles. The Bertz CT molecular complexity index is 515. The van der Waals surface area contributed by atoms with E-state index in [1.807, 2.05) is 18.2 Å². The topological polar surface area (TPSA) is 38.3 Å². The minimum absolute atomic E-state index is 0.0313. The fourth-order valence-corrected chi connectivity index (χ4v) is 3.62. The number of ether oxygens (including phenoxy) is 1. The molecule has 21 heavy (non-hydrogen) atoms. The van der Waals surface area contributed by atoms with Gasteiger partial charge < -0.3 is 10.1 Å². The van der Waals surface area contributed by atoms with E-state index in [1.54, 1.807) is 0 Å². The average Bonchev–Trinajstić information content (AvgIpc) is 2.49. The molecular formula is C16H21Br2NO2. The van der Waals surface area contributed by atoms with Gasteiger partial charge in [0.15, 0.2) is 0 Å². The molecule has 0 radical (unpaired) electrons. The quantitative estimate of drug-likeness (QED) is 0.770. The smallest absolute Gasteiger partial charge is 0.252 e. The van der Waals surface area contributed by atoms with E-state index in [0.717, 1.165) is 34.6 Å². The zero-order valence-corrected chi connectivity index (χ0v) is 15.6. The second kappa shape index (κ2) is 7.25. The Morgan fingerprint density at radius 1 is 1.38 bits per heavy atom. The number of nitrogens with one attached hydrogen (secondary N) is 1. The minimum Gasteiger partial charge on any atom is -0.375 e. The lowest BCUT2D eigenvalue weighted by atomic mass is 9.86. The molecule has 5 heteroatoms. The normalized spacial score (nSPS) is 21.0. The van der Waals surface area contributed by atoms with E-state index < -0.39 is 0 Å². The first kappa shape index (κ1) is 17.0. The number of hydrogen-bond acceptors (Lipinski definition) is 2. The number of benzene rings is 1. The molecular weight excluding hydrogens is 398 g/mol. The van der Waals surface area contributed by atoms with Gasteiger partial charge in [0.25, 0.3) is 5.91 Å². The fraction of sp³-hybridized carbons (Fsp3) is 0.562. The van der Waals surface area contributed by atoms with Crippen molar-refractivity contribution < 1.29 is 9.53 Å². The summed E-state index contributed by atoms with van der Waals surface area (Å²) >= 11 is 6.85. The van der Waals surface area contributed by atoms with Gasteiger partial charge in [-0.05, 0) is 59.8 Å². The Morgan fingerprint density at radius 3 is 2.76 bits per heavy atom. The predicted octanol–water partition coefficient (Wildman–Crippen LogP) is 4.68. The Kier molecular flexibility index (Phi) is 5.86. The highest BCUT2D eigenvalue weighted by Crippen LogP contribution is 2.31. The molecule has 0 aromatic heterocycles. The van der Waals surface area contributed by atoms with Gasteiger partial charge in [-0.1, -0.05) is 29.8 Å². The summed E-state index contributed by atoms with van der Waals surface area (Å²) < 4.78 is 7.67. The lowest BCUT2D eigenvalue weighted by molar-refractivity contribution is -0.0917. The maximum absolute atomic E-state index is 12.5. The van der Waals surface area contributed by atoms with Crippen LogP contribution in [0.4, 0.5) is 0 Å². The summed E-state index contributed by atoms with van der Waals surface area (Å²) in [5, 5.41) is 3.16. The third-order valence-corrected chi connectivity index (χ3v) is 5.47. The molecule has 1 aliphatic heterocycles. The lowest BCUT2D eigenvalue weighted by Gasteiger charge is -2.40. The monoisotopic (exact) mass is 417 g/mol. The SMILES string of the molecule is CCC1(CC)CC(NC(=O)c2cc(Br)ccc2Br)CCO1. The van der Waals surface area contributed by atoms with Gasteiger partial charge in [0.05, 0.1) is 11.2 Å². The summed E-state index contributed by atoms with van der Waals surface area (Å²) in [7, 11) is 0. The van der Waals surface area contributed by atoms with Gasteiger partial charge in [-0.2, -0.15) is 0 Å². The van der Waals surface area contributed by atoms with Crippen LogP contribution in [0.5, 0.6) is 0 Å². The van der Waals surface area contributed by atoms with Crippen LogP contribution in [0.3, 0.4) is 0 Å². The van der Waals surface area contributed by atoms with Crippen LogP contribution in [0, 0.1) is 0 Å². The van der Waals surface area contributed by atoms with Crippen molar-refractivity contribution in [3.63, 3.8) is 0 Å². The third kappa shape index (κ3) is 4.08. The standard InChI is InChI=1S/C16H21Br2NO2/c1-3-16(4-2)10-12(7-8-21-16)19-15(20)13-9-11(17)5-6-14(13)18/h5-6,9,12H,3-4,7-8,10H2,1-2H3,(H,19,20). The highest BCUT2D eigenvalue weighted by atomic mass is 79.9. The Labute approximate surface area is 143 Å². The van der Waals surface area contributed by atoms with Crippen LogP contribution in [0.15, 0.2) is 27.1 Å². The lowest BCUT2D eigenvalue weighted by Crippen LogP contribution is -2.48.